The number of benzene rings is 2. The van der Waals surface area contributed by atoms with Crippen molar-refractivity contribution < 1.29 is 13.2 Å². The van der Waals surface area contributed by atoms with Gasteiger partial charge in [0.1, 0.15) is 6.54 Å². The van der Waals surface area contributed by atoms with E-state index in [9.17, 15) is 13.2 Å². The van der Waals surface area contributed by atoms with Gasteiger partial charge in [0.25, 0.3) is 0 Å². The molecule has 0 saturated carbocycles. The van der Waals surface area contributed by atoms with E-state index in [1.54, 1.807) is 12.1 Å². The summed E-state index contributed by atoms with van der Waals surface area (Å²) in [5.41, 5.74) is 2.63. The first kappa shape index (κ1) is 22.2. The molecule has 0 spiro atoms. The lowest BCUT2D eigenvalue weighted by Crippen LogP contribution is -2.40. The lowest BCUT2D eigenvalue weighted by atomic mass is 10.0. The molecule has 1 amide bonds. The van der Waals surface area contributed by atoms with E-state index in [4.69, 9.17) is 11.6 Å². The van der Waals surface area contributed by atoms with Gasteiger partial charge in [-0.3, -0.25) is 9.10 Å². The molecule has 152 valence electrons. The van der Waals surface area contributed by atoms with Crippen molar-refractivity contribution in [3.05, 3.63) is 64.7 Å². The molecule has 0 atom stereocenters. The Morgan fingerprint density at radius 3 is 2.32 bits per heavy atom. The molecular formula is C21H27ClN2O3S. The third-order valence-corrected chi connectivity index (χ3v) is 5.95. The molecule has 0 saturated heterocycles. The van der Waals surface area contributed by atoms with Gasteiger partial charge in [0.2, 0.25) is 15.9 Å². The van der Waals surface area contributed by atoms with Crippen LogP contribution in [0, 0.1) is 0 Å². The maximum Gasteiger partial charge on any atom is 0.240 e. The van der Waals surface area contributed by atoms with Crippen LogP contribution in [0.25, 0.3) is 0 Å². The summed E-state index contributed by atoms with van der Waals surface area (Å²) in [5, 5.41) is 3.50. The molecule has 0 radical (unpaired) electrons. The molecule has 7 heteroatoms. The van der Waals surface area contributed by atoms with Crippen molar-refractivity contribution in [2.24, 2.45) is 0 Å². The molecule has 2 aromatic carbocycles. The Bertz CT molecular complexity index is 896. The summed E-state index contributed by atoms with van der Waals surface area (Å²) < 4.78 is 25.5. The molecule has 2 rings (SSSR count). The first-order chi connectivity index (χ1) is 13.2. The highest BCUT2D eigenvalue weighted by molar-refractivity contribution is 7.92. The lowest BCUT2D eigenvalue weighted by molar-refractivity contribution is -0.119. The van der Waals surface area contributed by atoms with E-state index in [0.29, 0.717) is 23.2 Å². The zero-order valence-corrected chi connectivity index (χ0v) is 18.1. The fourth-order valence-corrected chi connectivity index (χ4v) is 3.91. The molecule has 0 fully saturated rings. The average molecular weight is 423 g/mol. The molecule has 0 heterocycles. The maximum absolute atomic E-state index is 12.3. The number of anilines is 1. The predicted octanol–water partition coefficient (Wildman–Crippen LogP) is 3.98. The SMILES string of the molecule is CC(C)c1ccc(N(CC(=O)NCCCc2ccccc2Cl)S(C)(=O)=O)cc1. The quantitative estimate of drug-likeness (QED) is 0.621. The van der Waals surface area contributed by atoms with Crippen molar-refractivity contribution in [3.63, 3.8) is 0 Å². The first-order valence-electron chi connectivity index (χ1n) is 9.26. The Kier molecular flexibility index (Phi) is 7.89. The summed E-state index contributed by atoms with van der Waals surface area (Å²) in [6.45, 7) is 4.35. The highest BCUT2D eigenvalue weighted by Gasteiger charge is 2.20. The predicted molar refractivity (Wildman–Crippen MR) is 116 cm³/mol. The number of rotatable bonds is 9. The van der Waals surface area contributed by atoms with Crippen LogP contribution in [-0.2, 0) is 21.2 Å². The monoisotopic (exact) mass is 422 g/mol. The number of halogens is 1. The number of aryl methyl sites for hydroxylation is 1. The number of nitrogens with one attached hydrogen (secondary N) is 1. The van der Waals surface area contributed by atoms with Crippen molar-refractivity contribution in [3.8, 4) is 0 Å². The highest BCUT2D eigenvalue weighted by atomic mass is 35.5. The minimum Gasteiger partial charge on any atom is -0.355 e. The first-order valence-corrected chi connectivity index (χ1v) is 11.5. The number of carbonyl (C=O) groups excluding carboxylic acids is 1. The van der Waals surface area contributed by atoms with E-state index in [2.05, 4.69) is 19.2 Å². The van der Waals surface area contributed by atoms with Crippen molar-refractivity contribution in [2.75, 3.05) is 23.7 Å². The standard InChI is InChI=1S/C21H27ClN2O3S/c1-16(2)17-10-12-19(13-11-17)24(28(3,26)27)15-21(25)23-14-6-8-18-7-4-5-9-20(18)22/h4-5,7,9-13,16H,6,8,14-15H2,1-3H3,(H,23,25). The Morgan fingerprint density at radius 1 is 1.11 bits per heavy atom. The van der Waals surface area contributed by atoms with E-state index < -0.39 is 10.0 Å². The van der Waals surface area contributed by atoms with Crippen LogP contribution in [-0.4, -0.2) is 33.7 Å². The summed E-state index contributed by atoms with van der Waals surface area (Å²) in [4.78, 5) is 12.3. The molecule has 2 aromatic rings. The minimum atomic E-state index is -3.57. The molecule has 0 aliphatic rings. The van der Waals surface area contributed by atoms with Crippen LogP contribution in [0.5, 0.6) is 0 Å². The third-order valence-electron chi connectivity index (χ3n) is 4.44. The molecule has 0 unspecified atom stereocenters. The summed E-state index contributed by atoms with van der Waals surface area (Å²) in [5.74, 6) is 0.0136. The van der Waals surface area contributed by atoms with Crippen LogP contribution in [0.4, 0.5) is 5.69 Å². The summed E-state index contributed by atoms with van der Waals surface area (Å²) >= 11 is 6.12. The van der Waals surface area contributed by atoms with Crippen LogP contribution < -0.4 is 9.62 Å². The van der Waals surface area contributed by atoms with Crippen LogP contribution in [0.2, 0.25) is 5.02 Å². The van der Waals surface area contributed by atoms with Crippen molar-refractivity contribution in [1.82, 2.24) is 5.32 Å². The fourth-order valence-electron chi connectivity index (χ4n) is 2.82. The van der Waals surface area contributed by atoms with Gasteiger partial charge in [-0.25, -0.2) is 8.42 Å². The van der Waals surface area contributed by atoms with Crippen LogP contribution in [0.15, 0.2) is 48.5 Å². The second kappa shape index (κ2) is 9.94. The molecular weight excluding hydrogens is 396 g/mol. The Labute approximate surface area is 172 Å². The number of hydrogen-bond acceptors (Lipinski definition) is 3. The molecule has 28 heavy (non-hydrogen) atoms. The van der Waals surface area contributed by atoms with E-state index in [1.165, 1.54) is 0 Å². The molecule has 0 bridgehead atoms. The normalized spacial score (nSPS) is 11.5. The summed E-state index contributed by atoms with van der Waals surface area (Å²) in [7, 11) is -3.57. The van der Waals surface area contributed by atoms with Gasteiger partial charge in [0.05, 0.1) is 11.9 Å². The number of hydrogen-bond donors (Lipinski definition) is 1. The molecule has 0 aliphatic heterocycles. The molecule has 0 aromatic heterocycles. The van der Waals surface area contributed by atoms with Gasteiger partial charge < -0.3 is 5.32 Å². The van der Waals surface area contributed by atoms with Crippen molar-refractivity contribution in [1.29, 1.82) is 0 Å². The Balaban J connectivity index is 1.93. The number of carbonyl (C=O) groups is 1. The Morgan fingerprint density at radius 2 is 1.75 bits per heavy atom. The van der Waals surface area contributed by atoms with Gasteiger partial charge in [-0.05, 0) is 48.1 Å². The smallest absolute Gasteiger partial charge is 0.240 e. The van der Waals surface area contributed by atoms with Crippen molar-refractivity contribution in [2.45, 2.75) is 32.6 Å². The van der Waals surface area contributed by atoms with E-state index in [-0.39, 0.29) is 12.5 Å². The largest absolute Gasteiger partial charge is 0.355 e. The average Bonchev–Trinajstić information content (AvgIpc) is 2.64. The van der Waals surface area contributed by atoms with Crippen molar-refractivity contribution >= 4 is 33.2 Å². The van der Waals surface area contributed by atoms with Gasteiger partial charge in [-0.1, -0.05) is 55.8 Å². The van der Waals surface area contributed by atoms with Gasteiger partial charge in [0.15, 0.2) is 0 Å². The molecule has 1 N–H and O–H groups in total. The van der Waals surface area contributed by atoms with Gasteiger partial charge in [-0.15, -0.1) is 0 Å². The molecule has 0 aliphatic carbocycles. The molecule has 5 nitrogen and oxygen atoms in total. The number of amides is 1. The van der Waals surface area contributed by atoms with E-state index in [1.807, 2.05) is 36.4 Å². The lowest BCUT2D eigenvalue weighted by Gasteiger charge is -2.22. The third kappa shape index (κ3) is 6.53. The van der Waals surface area contributed by atoms with E-state index >= 15 is 0 Å². The second-order valence-corrected chi connectivity index (χ2v) is 9.37. The summed E-state index contributed by atoms with van der Waals surface area (Å²) in [6, 6.07) is 14.8. The second-order valence-electron chi connectivity index (χ2n) is 7.06. The fraction of sp³-hybridized carbons (Fsp3) is 0.381. The van der Waals surface area contributed by atoms with Gasteiger partial charge in [-0.2, -0.15) is 0 Å². The number of sulfonamides is 1. The summed E-state index contributed by atoms with van der Waals surface area (Å²) in [6.07, 6.45) is 2.57. The zero-order chi connectivity index (χ0) is 20.7. The number of nitrogens with zero attached hydrogens (tertiary/aromatic N) is 1. The zero-order valence-electron chi connectivity index (χ0n) is 16.5. The topological polar surface area (TPSA) is 66.5 Å². The Hall–Kier alpha value is -2.05. The van der Waals surface area contributed by atoms with E-state index in [0.717, 1.165) is 34.5 Å². The van der Waals surface area contributed by atoms with Crippen LogP contribution in [0.3, 0.4) is 0 Å². The van der Waals surface area contributed by atoms with Gasteiger partial charge in [0, 0.05) is 11.6 Å². The van der Waals surface area contributed by atoms with Crippen LogP contribution in [0.1, 0.15) is 37.3 Å². The van der Waals surface area contributed by atoms with Gasteiger partial charge >= 0.3 is 0 Å². The highest BCUT2D eigenvalue weighted by Crippen LogP contribution is 2.22. The van der Waals surface area contributed by atoms with Crippen LogP contribution >= 0.6 is 11.6 Å². The maximum atomic E-state index is 12.3. The minimum absolute atomic E-state index is 0.244.